The molecule has 1 N–H and O–H groups in total. The van der Waals surface area contributed by atoms with E-state index >= 15 is 0 Å². The number of hydrogen-bond acceptors (Lipinski definition) is 5. The van der Waals surface area contributed by atoms with E-state index in [0.717, 1.165) is 18.8 Å². The van der Waals surface area contributed by atoms with Gasteiger partial charge in [0.05, 0.1) is 25.9 Å². The molecular formula is C15H24N2O4. The molecule has 1 aliphatic rings. The van der Waals surface area contributed by atoms with E-state index < -0.39 is 0 Å². The summed E-state index contributed by atoms with van der Waals surface area (Å²) in [6.45, 7) is 8.11. The van der Waals surface area contributed by atoms with Gasteiger partial charge in [-0.05, 0) is 25.2 Å². The molecule has 1 atom stereocenters. The molecule has 118 valence electrons. The van der Waals surface area contributed by atoms with Crippen LogP contribution >= 0.6 is 0 Å². The Labute approximate surface area is 125 Å². The smallest absolute Gasteiger partial charge is 0.289 e. The third kappa shape index (κ3) is 4.06. The molecule has 1 saturated heterocycles. The Balaban J connectivity index is 1.98. The van der Waals surface area contributed by atoms with Gasteiger partial charge in [-0.1, -0.05) is 13.8 Å². The number of aliphatic hydroxyl groups is 1. The van der Waals surface area contributed by atoms with Gasteiger partial charge in [0.25, 0.3) is 5.91 Å². The van der Waals surface area contributed by atoms with E-state index in [2.05, 4.69) is 18.7 Å². The number of aliphatic hydroxyl groups excluding tert-OH is 1. The minimum absolute atomic E-state index is 0.0743. The summed E-state index contributed by atoms with van der Waals surface area (Å²) in [6, 6.07) is 3.58. The summed E-state index contributed by atoms with van der Waals surface area (Å²) >= 11 is 0. The maximum atomic E-state index is 12.4. The molecule has 1 aliphatic heterocycles. The Hall–Kier alpha value is -1.37. The van der Waals surface area contributed by atoms with Gasteiger partial charge in [-0.3, -0.25) is 9.69 Å². The summed E-state index contributed by atoms with van der Waals surface area (Å²) < 4.78 is 11.0. The van der Waals surface area contributed by atoms with Crippen LogP contribution in [0.15, 0.2) is 16.5 Å². The lowest BCUT2D eigenvalue weighted by molar-refractivity contribution is -0.0454. The Morgan fingerprint density at radius 3 is 2.86 bits per heavy atom. The van der Waals surface area contributed by atoms with E-state index in [0.29, 0.717) is 32.0 Å². The highest BCUT2D eigenvalue weighted by Crippen LogP contribution is 2.15. The van der Waals surface area contributed by atoms with E-state index in [9.17, 15) is 4.79 Å². The van der Waals surface area contributed by atoms with Crippen LogP contribution in [-0.4, -0.2) is 66.3 Å². The fourth-order valence-corrected chi connectivity index (χ4v) is 2.42. The van der Waals surface area contributed by atoms with Crippen molar-refractivity contribution in [2.45, 2.75) is 26.5 Å². The Morgan fingerprint density at radius 1 is 1.43 bits per heavy atom. The molecule has 0 saturated carbocycles. The first kappa shape index (κ1) is 16.0. The van der Waals surface area contributed by atoms with Crippen molar-refractivity contribution in [3.05, 3.63) is 23.7 Å². The molecule has 6 nitrogen and oxygen atoms in total. The lowest BCUT2D eigenvalue weighted by Crippen LogP contribution is -2.46. The summed E-state index contributed by atoms with van der Waals surface area (Å²) in [5, 5.41) is 9.13. The second-order valence-electron chi connectivity index (χ2n) is 5.15. The Kier molecular flexibility index (Phi) is 5.78. The van der Waals surface area contributed by atoms with Gasteiger partial charge in [-0.2, -0.15) is 0 Å². The maximum absolute atomic E-state index is 12.4. The lowest BCUT2D eigenvalue weighted by Gasteiger charge is -2.31. The maximum Gasteiger partial charge on any atom is 0.289 e. The van der Waals surface area contributed by atoms with Crippen LogP contribution in [0.4, 0.5) is 0 Å². The van der Waals surface area contributed by atoms with Gasteiger partial charge in [0.15, 0.2) is 5.76 Å². The van der Waals surface area contributed by atoms with E-state index in [1.165, 1.54) is 0 Å². The van der Waals surface area contributed by atoms with E-state index in [1.54, 1.807) is 11.0 Å². The number of ether oxygens (including phenoxy) is 1. The second kappa shape index (κ2) is 7.59. The zero-order chi connectivity index (χ0) is 15.2. The second-order valence-corrected chi connectivity index (χ2v) is 5.15. The van der Waals surface area contributed by atoms with Crippen LogP contribution in [0.3, 0.4) is 0 Å². The Morgan fingerprint density at radius 2 is 2.19 bits per heavy atom. The summed E-state index contributed by atoms with van der Waals surface area (Å²) in [5.41, 5.74) is 0. The predicted molar refractivity (Wildman–Crippen MR) is 78.1 cm³/mol. The number of furan rings is 1. The van der Waals surface area contributed by atoms with Crippen LogP contribution in [0.1, 0.15) is 30.2 Å². The molecule has 2 rings (SSSR count). The number of rotatable bonds is 6. The highest BCUT2D eigenvalue weighted by Gasteiger charge is 2.26. The van der Waals surface area contributed by atoms with Gasteiger partial charge in [0, 0.05) is 13.1 Å². The number of hydrogen-bond donors (Lipinski definition) is 1. The van der Waals surface area contributed by atoms with Crippen molar-refractivity contribution >= 4 is 5.91 Å². The zero-order valence-corrected chi connectivity index (χ0v) is 12.7. The van der Waals surface area contributed by atoms with Crippen LogP contribution in [0.25, 0.3) is 0 Å². The average molecular weight is 296 g/mol. The molecule has 1 aromatic heterocycles. The molecule has 6 heteroatoms. The highest BCUT2D eigenvalue weighted by molar-refractivity contribution is 5.91. The standard InChI is InChI=1S/C15H24N2O4/c1-3-16(4-2)9-12-5-6-14(21-12)15(19)17-7-8-20-13(10-17)11-18/h5-6,13,18H,3-4,7-11H2,1-2H3. The molecule has 0 aromatic carbocycles. The van der Waals surface area contributed by atoms with Crippen molar-refractivity contribution in [2.24, 2.45) is 0 Å². The van der Waals surface area contributed by atoms with Crippen molar-refractivity contribution < 1.29 is 19.1 Å². The topological polar surface area (TPSA) is 66.2 Å². The van der Waals surface area contributed by atoms with Crippen LogP contribution in [0.5, 0.6) is 0 Å². The summed E-state index contributed by atoms with van der Waals surface area (Å²) in [6.07, 6.45) is -0.298. The van der Waals surface area contributed by atoms with Crippen LogP contribution in [0, 0.1) is 0 Å². The first-order valence-electron chi connectivity index (χ1n) is 7.50. The van der Waals surface area contributed by atoms with Gasteiger partial charge in [0.1, 0.15) is 5.76 Å². The number of carbonyl (C=O) groups is 1. The minimum Gasteiger partial charge on any atom is -0.455 e. The van der Waals surface area contributed by atoms with Gasteiger partial charge >= 0.3 is 0 Å². The number of nitrogens with zero attached hydrogens (tertiary/aromatic N) is 2. The third-order valence-electron chi connectivity index (χ3n) is 3.78. The third-order valence-corrected chi connectivity index (χ3v) is 3.78. The first-order chi connectivity index (χ1) is 10.2. The van der Waals surface area contributed by atoms with Crippen molar-refractivity contribution in [1.82, 2.24) is 9.80 Å². The lowest BCUT2D eigenvalue weighted by atomic mass is 10.2. The number of morpholine rings is 1. The van der Waals surface area contributed by atoms with Crippen LogP contribution in [0.2, 0.25) is 0 Å². The normalized spacial score (nSPS) is 19.2. The molecular weight excluding hydrogens is 272 g/mol. The summed E-state index contributed by atoms with van der Waals surface area (Å²) in [5.74, 6) is 1.02. The van der Waals surface area contributed by atoms with E-state index in [-0.39, 0.29) is 18.6 Å². The van der Waals surface area contributed by atoms with Gasteiger partial charge < -0.3 is 19.2 Å². The quantitative estimate of drug-likeness (QED) is 0.847. The summed E-state index contributed by atoms with van der Waals surface area (Å²) in [7, 11) is 0. The van der Waals surface area contributed by atoms with Crippen molar-refractivity contribution in [3.8, 4) is 0 Å². The molecule has 1 unspecified atom stereocenters. The average Bonchev–Trinajstić information content (AvgIpc) is 3.00. The molecule has 1 aromatic rings. The highest BCUT2D eigenvalue weighted by atomic mass is 16.5. The largest absolute Gasteiger partial charge is 0.455 e. The first-order valence-corrected chi connectivity index (χ1v) is 7.50. The molecule has 0 radical (unpaired) electrons. The molecule has 0 spiro atoms. The molecule has 0 aliphatic carbocycles. The summed E-state index contributed by atoms with van der Waals surface area (Å²) in [4.78, 5) is 16.3. The molecule has 1 fully saturated rings. The number of amides is 1. The van der Waals surface area contributed by atoms with Gasteiger partial charge in [0.2, 0.25) is 0 Å². The van der Waals surface area contributed by atoms with Crippen molar-refractivity contribution in [1.29, 1.82) is 0 Å². The fourth-order valence-electron chi connectivity index (χ4n) is 2.42. The van der Waals surface area contributed by atoms with Gasteiger partial charge in [-0.15, -0.1) is 0 Å². The van der Waals surface area contributed by atoms with Gasteiger partial charge in [-0.25, -0.2) is 0 Å². The monoisotopic (exact) mass is 296 g/mol. The predicted octanol–water partition coefficient (Wildman–Crippen LogP) is 0.955. The fraction of sp³-hybridized carbons (Fsp3) is 0.667. The van der Waals surface area contributed by atoms with E-state index in [1.807, 2.05) is 6.07 Å². The van der Waals surface area contributed by atoms with Crippen LogP contribution in [-0.2, 0) is 11.3 Å². The van der Waals surface area contributed by atoms with Crippen molar-refractivity contribution in [3.63, 3.8) is 0 Å². The molecule has 21 heavy (non-hydrogen) atoms. The zero-order valence-electron chi connectivity index (χ0n) is 12.7. The molecule has 1 amide bonds. The Bertz CT molecular complexity index is 456. The molecule has 0 bridgehead atoms. The van der Waals surface area contributed by atoms with Crippen LogP contribution < -0.4 is 0 Å². The minimum atomic E-state index is -0.298. The van der Waals surface area contributed by atoms with Crippen molar-refractivity contribution in [2.75, 3.05) is 39.4 Å². The number of carbonyl (C=O) groups excluding carboxylic acids is 1. The van der Waals surface area contributed by atoms with E-state index in [4.69, 9.17) is 14.3 Å². The SMILES string of the molecule is CCN(CC)Cc1ccc(C(=O)N2CCOC(CO)C2)o1. The molecule has 2 heterocycles.